The Hall–Kier alpha value is -2.47. The van der Waals surface area contributed by atoms with Gasteiger partial charge in [-0.1, -0.05) is 62.3 Å². The zero-order chi connectivity index (χ0) is 23.7. The number of rotatable bonds is 5. The second kappa shape index (κ2) is 10.0. The van der Waals surface area contributed by atoms with Gasteiger partial charge in [0.25, 0.3) is 0 Å². The van der Waals surface area contributed by atoms with E-state index in [0.29, 0.717) is 21.9 Å². The number of halogens is 3. The molecule has 5 rings (SSSR count). The van der Waals surface area contributed by atoms with Crippen LogP contribution in [-0.4, -0.2) is 21.5 Å². The lowest BCUT2D eigenvalue weighted by Gasteiger charge is -2.33. The van der Waals surface area contributed by atoms with Gasteiger partial charge in [-0.15, -0.1) is 0 Å². The van der Waals surface area contributed by atoms with E-state index in [0.717, 1.165) is 69.4 Å². The minimum Gasteiger partial charge on any atom is -0.352 e. The molecule has 2 saturated carbocycles. The molecule has 2 aliphatic carbocycles. The average Bonchev–Trinajstić information content (AvgIpc) is 3.19. The molecule has 34 heavy (non-hydrogen) atoms. The highest BCUT2D eigenvalue weighted by Crippen LogP contribution is 2.39. The number of carbonyl (C=O) groups is 1. The maximum atomic E-state index is 14.4. The molecule has 2 aliphatic rings. The van der Waals surface area contributed by atoms with Crippen LogP contribution < -0.4 is 5.32 Å². The van der Waals surface area contributed by atoms with E-state index in [2.05, 4.69) is 10.3 Å². The molecule has 1 N–H and O–H groups in total. The van der Waals surface area contributed by atoms with Crippen LogP contribution in [0.1, 0.15) is 70.3 Å². The fraction of sp³-hybridized carbons (Fsp3) is 0.481. The van der Waals surface area contributed by atoms with Crippen LogP contribution in [0, 0.1) is 17.6 Å². The first-order valence-corrected chi connectivity index (χ1v) is 12.8. The predicted octanol–water partition coefficient (Wildman–Crippen LogP) is 7.21. The highest BCUT2D eigenvalue weighted by molar-refractivity contribution is 6.30. The zero-order valence-corrected chi connectivity index (χ0v) is 20.0. The molecule has 1 unspecified atom stereocenters. The minimum absolute atomic E-state index is 0.0499. The standard InChI is InChI=1S/C27H30ClF2N3O/c28-19-11-7-10-18(14-19)26-32-23-15-21(29)22(30)16-24(23)33(26)25(17-8-3-1-4-9-17)27(34)31-20-12-5-2-6-13-20/h7,10-11,14-17,20,25H,1-6,8-9,12-13H2,(H,31,34). The van der Waals surface area contributed by atoms with Crippen molar-refractivity contribution in [3.05, 3.63) is 53.1 Å². The summed E-state index contributed by atoms with van der Waals surface area (Å²) in [5, 5.41) is 3.84. The number of carbonyl (C=O) groups excluding carboxylic acids is 1. The van der Waals surface area contributed by atoms with Crippen molar-refractivity contribution in [1.82, 2.24) is 14.9 Å². The van der Waals surface area contributed by atoms with Crippen LogP contribution in [0.5, 0.6) is 0 Å². The van der Waals surface area contributed by atoms with Gasteiger partial charge in [-0.25, -0.2) is 13.8 Å². The summed E-state index contributed by atoms with van der Waals surface area (Å²) >= 11 is 6.28. The van der Waals surface area contributed by atoms with E-state index in [9.17, 15) is 13.6 Å². The number of hydrogen-bond acceptors (Lipinski definition) is 2. The summed E-state index contributed by atoms with van der Waals surface area (Å²) in [6, 6.07) is 9.14. The molecular weight excluding hydrogens is 456 g/mol. The summed E-state index contributed by atoms with van der Waals surface area (Å²) in [6.45, 7) is 0. The number of imidazole rings is 1. The average molecular weight is 486 g/mol. The topological polar surface area (TPSA) is 46.9 Å². The Labute approximate surface area is 203 Å². The van der Waals surface area contributed by atoms with Crippen molar-refractivity contribution in [2.24, 2.45) is 5.92 Å². The molecule has 1 aromatic heterocycles. The summed E-state index contributed by atoms with van der Waals surface area (Å²) in [5.74, 6) is -1.33. The number of nitrogens with one attached hydrogen (secondary N) is 1. The van der Waals surface area contributed by atoms with Crippen molar-refractivity contribution in [3.8, 4) is 11.4 Å². The van der Waals surface area contributed by atoms with E-state index in [1.165, 1.54) is 12.5 Å². The molecule has 0 spiro atoms. The Morgan fingerprint density at radius 3 is 2.35 bits per heavy atom. The highest BCUT2D eigenvalue weighted by Gasteiger charge is 2.35. The Kier molecular flexibility index (Phi) is 6.87. The Morgan fingerprint density at radius 2 is 1.65 bits per heavy atom. The number of fused-ring (bicyclic) bond motifs is 1. The van der Waals surface area contributed by atoms with E-state index in [1.54, 1.807) is 12.1 Å². The van der Waals surface area contributed by atoms with E-state index in [-0.39, 0.29) is 17.9 Å². The summed E-state index contributed by atoms with van der Waals surface area (Å²) in [7, 11) is 0. The van der Waals surface area contributed by atoms with Gasteiger partial charge < -0.3 is 9.88 Å². The molecule has 2 aromatic carbocycles. The highest BCUT2D eigenvalue weighted by atomic mass is 35.5. The first-order chi connectivity index (χ1) is 16.5. The number of amides is 1. The Morgan fingerprint density at radius 1 is 0.971 bits per heavy atom. The van der Waals surface area contributed by atoms with E-state index in [1.807, 2.05) is 16.7 Å². The zero-order valence-electron chi connectivity index (χ0n) is 19.2. The maximum absolute atomic E-state index is 14.4. The van der Waals surface area contributed by atoms with Gasteiger partial charge in [0.2, 0.25) is 5.91 Å². The second-order valence-corrected chi connectivity index (χ2v) is 10.2. The smallest absolute Gasteiger partial charge is 0.243 e. The molecule has 1 atom stereocenters. The molecule has 3 aromatic rings. The molecule has 1 amide bonds. The van der Waals surface area contributed by atoms with Gasteiger partial charge in [0, 0.05) is 28.8 Å². The molecular formula is C27H30ClF2N3O. The van der Waals surface area contributed by atoms with Crippen molar-refractivity contribution in [2.45, 2.75) is 76.3 Å². The van der Waals surface area contributed by atoms with Gasteiger partial charge in [0.05, 0.1) is 11.0 Å². The van der Waals surface area contributed by atoms with Gasteiger partial charge in [0.15, 0.2) is 11.6 Å². The quantitative estimate of drug-likeness (QED) is 0.415. The van der Waals surface area contributed by atoms with Crippen LogP contribution in [0.25, 0.3) is 22.4 Å². The number of aromatic nitrogens is 2. The third-order valence-corrected chi connectivity index (χ3v) is 7.64. The van der Waals surface area contributed by atoms with Crippen LogP contribution in [0.3, 0.4) is 0 Å². The predicted molar refractivity (Wildman–Crippen MR) is 131 cm³/mol. The van der Waals surface area contributed by atoms with Crippen molar-refractivity contribution in [2.75, 3.05) is 0 Å². The fourth-order valence-corrected chi connectivity index (χ4v) is 5.92. The van der Waals surface area contributed by atoms with Crippen molar-refractivity contribution in [3.63, 3.8) is 0 Å². The molecule has 4 nitrogen and oxygen atoms in total. The van der Waals surface area contributed by atoms with E-state index in [4.69, 9.17) is 11.6 Å². The van der Waals surface area contributed by atoms with Crippen molar-refractivity contribution >= 4 is 28.5 Å². The largest absolute Gasteiger partial charge is 0.352 e. The lowest BCUT2D eigenvalue weighted by molar-refractivity contribution is -0.127. The maximum Gasteiger partial charge on any atom is 0.243 e. The third kappa shape index (κ3) is 4.70. The van der Waals surface area contributed by atoms with Crippen LogP contribution in [0.15, 0.2) is 36.4 Å². The molecule has 7 heteroatoms. The Balaban J connectivity index is 1.66. The molecule has 180 valence electrons. The van der Waals surface area contributed by atoms with Gasteiger partial charge in [-0.2, -0.15) is 0 Å². The monoisotopic (exact) mass is 485 g/mol. The summed E-state index contributed by atoms with van der Waals surface area (Å²) in [4.78, 5) is 18.6. The first kappa shape index (κ1) is 23.3. The molecule has 0 aliphatic heterocycles. The molecule has 2 fully saturated rings. The lowest BCUT2D eigenvalue weighted by Crippen LogP contribution is -2.43. The number of benzene rings is 2. The lowest BCUT2D eigenvalue weighted by atomic mass is 9.82. The Bertz CT molecular complexity index is 1180. The number of nitrogens with zero attached hydrogens (tertiary/aromatic N) is 2. The van der Waals surface area contributed by atoms with Gasteiger partial charge in [-0.05, 0) is 43.7 Å². The molecule has 0 saturated heterocycles. The van der Waals surface area contributed by atoms with Crippen LogP contribution >= 0.6 is 11.6 Å². The van der Waals surface area contributed by atoms with Gasteiger partial charge >= 0.3 is 0 Å². The van der Waals surface area contributed by atoms with Crippen molar-refractivity contribution in [1.29, 1.82) is 0 Å². The fourth-order valence-electron chi connectivity index (χ4n) is 5.73. The van der Waals surface area contributed by atoms with Crippen LogP contribution in [0.4, 0.5) is 8.78 Å². The van der Waals surface area contributed by atoms with Gasteiger partial charge in [-0.3, -0.25) is 4.79 Å². The number of hydrogen-bond donors (Lipinski definition) is 1. The SMILES string of the molecule is O=C(NC1CCCCC1)C(C1CCCCC1)n1c(-c2cccc(Cl)c2)nc2cc(F)c(F)cc21. The van der Waals surface area contributed by atoms with Crippen LogP contribution in [0.2, 0.25) is 5.02 Å². The normalized spacial score (nSPS) is 18.8. The first-order valence-electron chi connectivity index (χ1n) is 12.4. The molecule has 1 heterocycles. The third-order valence-electron chi connectivity index (χ3n) is 7.41. The molecule has 0 bridgehead atoms. The van der Waals surface area contributed by atoms with E-state index < -0.39 is 17.7 Å². The van der Waals surface area contributed by atoms with Crippen LogP contribution in [-0.2, 0) is 4.79 Å². The summed E-state index contributed by atoms with van der Waals surface area (Å²) in [5.41, 5.74) is 1.49. The molecule has 0 radical (unpaired) electrons. The van der Waals surface area contributed by atoms with Crippen molar-refractivity contribution < 1.29 is 13.6 Å². The minimum atomic E-state index is -0.948. The van der Waals surface area contributed by atoms with E-state index >= 15 is 0 Å². The van der Waals surface area contributed by atoms with Gasteiger partial charge in [0.1, 0.15) is 11.9 Å². The summed E-state index contributed by atoms with van der Waals surface area (Å²) < 4.78 is 30.4. The summed E-state index contributed by atoms with van der Waals surface area (Å²) in [6.07, 6.45) is 10.5. The second-order valence-electron chi connectivity index (χ2n) is 9.76.